The fourth-order valence-electron chi connectivity index (χ4n) is 4.30. The molecular formula is C25H23Cl2Zr. The molecule has 28 heavy (non-hydrogen) atoms. The SMILES string of the molecule is C1=CC[C]([Zr+2]([CH]2C=Cc3ccccc32)[CH]2C=Cc3ccccc32)=C1.C=C.[Cl-].[Cl-]. The van der Waals surface area contributed by atoms with Gasteiger partial charge >= 0.3 is 152 Å². The molecule has 5 rings (SSSR count). The van der Waals surface area contributed by atoms with Gasteiger partial charge in [-0.25, -0.2) is 0 Å². The predicted molar refractivity (Wildman–Crippen MR) is 110 cm³/mol. The first kappa shape index (κ1) is 22.9. The summed E-state index contributed by atoms with van der Waals surface area (Å²) in [6.07, 6.45) is 17.9. The molecule has 3 aliphatic rings. The van der Waals surface area contributed by atoms with Crippen molar-refractivity contribution in [2.45, 2.75) is 13.7 Å². The molecule has 3 heteroatoms. The summed E-state index contributed by atoms with van der Waals surface area (Å²) >= 11 is -1.96. The maximum absolute atomic E-state index is 3.00. The first-order chi connectivity index (χ1) is 12.9. The number of fused-ring (bicyclic) bond motifs is 2. The predicted octanol–water partition coefficient (Wildman–Crippen LogP) is 0.795. The van der Waals surface area contributed by atoms with Crippen LogP contribution in [-0.2, 0) is 21.8 Å². The van der Waals surface area contributed by atoms with Crippen LogP contribution in [0.3, 0.4) is 0 Å². The molecular weight excluding hydrogens is 462 g/mol. The van der Waals surface area contributed by atoms with Gasteiger partial charge in [-0.15, -0.1) is 13.2 Å². The van der Waals surface area contributed by atoms with Crippen LogP contribution in [0, 0.1) is 0 Å². The third-order valence-corrected chi connectivity index (χ3v) is 13.9. The quantitative estimate of drug-likeness (QED) is 0.565. The van der Waals surface area contributed by atoms with E-state index in [1.165, 1.54) is 17.5 Å². The van der Waals surface area contributed by atoms with E-state index in [4.69, 9.17) is 0 Å². The summed E-state index contributed by atoms with van der Waals surface area (Å²) in [5, 5.41) is 0. The standard InChI is InChI=1S/2C9H7.C5H5.C2H4.2ClH.Zr/c2*1-2-5-9-7-3-6-8(9)4-1;1-2-4-5-3-1;1-2;;;/h2*1-7H;1-3H,4H2;1-2H2;2*1H;/q;;;;;;+2/p-2. The Balaban J connectivity index is 0.000000680. The summed E-state index contributed by atoms with van der Waals surface area (Å²) in [7, 11) is 0. The zero-order chi connectivity index (χ0) is 17.9. The van der Waals surface area contributed by atoms with Crippen LogP contribution in [0.25, 0.3) is 12.2 Å². The van der Waals surface area contributed by atoms with Crippen molar-refractivity contribution >= 4 is 12.2 Å². The molecule has 3 aliphatic carbocycles. The van der Waals surface area contributed by atoms with Crippen LogP contribution in [0.5, 0.6) is 0 Å². The number of hydrogen-bond acceptors (Lipinski definition) is 0. The Labute approximate surface area is 189 Å². The second-order valence-corrected chi connectivity index (χ2v) is 13.6. The maximum atomic E-state index is 3.00. The summed E-state index contributed by atoms with van der Waals surface area (Å²) in [5.74, 6) is 0. The summed E-state index contributed by atoms with van der Waals surface area (Å²) in [4.78, 5) is 0. The minimum atomic E-state index is -1.96. The fourth-order valence-corrected chi connectivity index (χ4v) is 13.2. The van der Waals surface area contributed by atoms with Gasteiger partial charge in [0.15, 0.2) is 0 Å². The van der Waals surface area contributed by atoms with E-state index in [2.05, 4.69) is 104 Å². The van der Waals surface area contributed by atoms with E-state index in [9.17, 15) is 0 Å². The van der Waals surface area contributed by atoms with Crippen LogP contribution in [-0.4, -0.2) is 0 Å². The van der Waals surface area contributed by atoms with Crippen molar-refractivity contribution in [3.8, 4) is 0 Å². The maximum Gasteiger partial charge on any atom is -0.106 e. The van der Waals surface area contributed by atoms with Gasteiger partial charge in [-0.2, -0.15) is 0 Å². The van der Waals surface area contributed by atoms with Crippen LogP contribution in [0.2, 0.25) is 0 Å². The molecule has 0 radical (unpaired) electrons. The van der Waals surface area contributed by atoms with Gasteiger partial charge < -0.3 is 24.8 Å². The Morgan fingerprint density at radius 1 is 0.750 bits per heavy atom. The molecule has 0 amide bonds. The van der Waals surface area contributed by atoms with Crippen LogP contribution in [0.1, 0.15) is 35.9 Å². The van der Waals surface area contributed by atoms with E-state index in [0.29, 0.717) is 7.25 Å². The van der Waals surface area contributed by atoms with Crippen LogP contribution in [0.4, 0.5) is 0 Å². The fraction of sp³-hybridized carbons (Fsp3) is 0.120. The monoisotopic (exact) mass is 483 g/mol. The molecule has 0 fully saturated rings. The zero-order valence-electron chi connectivity index (χ0n) is 15.7. The summed E-state index contributed by atoms with van der Waals surface area (Å²) in [6, 6.07) is 18.0. The molecule has 2 aromatic carbocycles. The number of hydrogen-bond donors (Lipinski definition) is 0. The Kier molecular flexibility index (Phi) is 8.50. The molecule has 2 aromatic rings. The molecule has 0 saturated heterocycles. The zero-order valence-corrected chi connectivity index (χ0v) is 19.7. The second-order valence-electron chi connectivity index (χ2n) is 6.71. The van der Waals surface area contributed by atoms with Crippen molar-refractivity contribution in [3.63, 3.8) is 0 Å². The molecule has 0 nitrogen and oxygen atoms in total. The molecule has 0 aromatic heterocycles. The van der Waals surface area contributed by atoms with E-state index in [-0.39, 0.29) is 24.8 Å². The van der Waals surface area contributed by atoms with Gasteiger partial charge in [-0.1, -0.05) is 0 Å². The molecule has 0 heterocycles. The Morgan fingerprint density at radius 3 is 1.71 bits per heavy atom. The van der Waals surface area contributed by atoms with Gasteiger partial charge in [0.05, 0.1) is 0 Å². The summed E-state index contributed by atoms with van der Waals surface area (Å²) in [5.41, 5.74) is 6.00. The smallest absolute Gasteiger partial charge is 0.106 e. The van der Waals surface area contributed by atoms with Crippen molar-refractivity contribution in [2.75, 3.05) is 0 Å². The molecule has 0 aliphatic heterocycles. The molecule has 0 saturated carbocycles. The molecule has 0 N–H and O–H groups in total. The van der Waals surface area contributed by atoms with E-state index >= 15 is 0 Å². The van der Waals surface area contributed by atoms with Gasteiger partial charge in [0.1, 0.15) is 0 Å². The molecule has 0 spiro atoms. The average Bonchev–Trinajstić information content (AvgIpc) is 3.45. The van der Waals surface area contributed by atoms with E-state index in [1.807, 2.05) is 0 Å². The van der Waals surface area contributed by atoms with Crippen molar-refractivity contribution in [1.29, 1.82) is 0 Å². The van der Waals surface area contributed by atoms with E-state index < -0.39 is 21.8 Å². The number of halogens is 2. The van der Waals surface area contributed by atoms with Crippen molar-refractivity contribution in [3.05, 3.63) is 118 Å². The second kappa shape index (κ2) is 10.4. The molecule has 2 unspecified atom stereocenters. The average molecular weight is 486 g/mol. The normalized spacial score (nSPS) is 19.5. The number of rotatable bonds is 3. The van der Waals surface area contributed by atoms with E-state index in [1.54, 1.807) is 14.4 Å². The molecule has 0 bridgehead atoms. The van der Waals surface area contributed by atoms with Crippen molar-refractivity contribution in [2.24, 2.45) is 0 Å². The van der Waals surface area contributed by atoms with Crippen LogP contribution < -0.4 is 24.8 Å². The minimum Gasteiger partial charge on any atom is -1.00 e. The molecule has 2 atom stereocenters. The molecule has 141 valence electrons. The van der Waals surface area contributed by atoms with Gasteiger partial charge in [0.25, 0.3) is 0 Å². The van der Waals surface area contributed by atoms with Crippen LogP contribution >= 0.6 is 0 Å². The van der Waals surface area contributed by atoms with Gasteiger partial charge in [-0.05, 0) is 0 Å². The Hall–Kier alpha value is -1.40. The number of benzene rings is 2. The summed E-state index contributed by atoms with van der Waals surface area (Å²) < 4.78 is 3.08. The Morgan fingerprint density at radius 2 is 1.25 bits per heavy atom. The third kappa shape index (κ3) is 4.13. The third-order valence-electron chi connectivity index (χ3n) is 5.41. The largest absolute Gasteiger partial charge is 1.00 e. The first-order valence-corrected chi connectivity index (χ1v) is 13.3. The van der Waals surface area contributed by atoms with Gasteiger partial charge in [-0.3, -0.25) is 0 Å². The van der Waals surface area contributed by atoms with Gasteiger partial charge in [0.2, 0.25) is 0 Å². The number of allylic oxidation sites excluding steroid dienone is 6. The van der Waals surface area contributed by atoms with Gasteiger partial charge in [0, 0.05) is 0 Å². The first-order valence-electron chi connectivity index (χ1n) is 9.19. The Bertz CT molecular complexity index is 878. The van der Waals surface area contributed by atoms with Crippen molar-refractivity contribution in [1.82, 2.24) is 0 Å². The minimum absolute atomic E-state index is 0. The van der Waals surface area contributed by atoms with E-state index in [0.717, 1.165) is 0 Å². The topological polar surface area (TPSA) is 0 Å². The van der Waals surface area contributed by atoms with Crippen molar-refractivity contribution < 1.29 is 46.6 Å². The summed E-state index contributed by atoms with van der Waals surface area (Å²) in [6.45, 7) is 6.00. The van der Waals surface area contributed by atoms with Crippen LogP contribution in [0.15, 0.2) is 95.3 Å².